The fourth-order valence-corrected chi connectivity index (χ4v) is 5.94. The molecular formula is C30H33F3N6O2. The molecule has 0 aromatic heterocycles. The Balaban J connectivity index is 0.000000431. The number of rotatable bonds is 4. The van der Waals surface area contributed by atoms with E-state index >= 15 is 0 Å². The van der Waals surface area contributed by atoms with Gasteiger partial charge in [0.1, 0.15) is 0 Å². The van der Waals surface area contributed by atoms with E-state index in [1.54, 1.807) is 0 Å². The molecule has 8 nitrogen and oxygen atoms in total. The lowest BCUT2D eigenvalue weighted by Crippen LogP contribution is -2.42. The number of carboxylic acid groups (broad SMARTS) is 1. The first-order chi connectivity index (χ1) is 19.6. The smallest absolute Gasteiger partial charge is 0.475 e. The number of alkyl halides is 3. The van der Waals surface area contributed by atoms with Crippen LogP contribution in [0.25, 0.3) is 5.57 Å². The zero-order valence-electron chi connectivity index (χ0n) is 22.8. The van der Waals surface area contributed by atoms with Crippen LogP contribution in [0.2, 0.25) is 0 Å². The second-order valence-electron chi connectivity index (χ2n) is 10.9. The molecule has 3 heterocycles. The Kier molecular flexibility index (Phi) is 8.31. The molecule has 0 radical (unpaired) electrons. The lowest BCUT2D eigenvalue weighted by Gasteiger charge is -2.39. The maximum Gasteiger partial charge on any atom is 0.490 e. The molecule has 3 unspecified atom stereocenters. The van der Waals surface area contributed by atoms with Crippen LogP contribution in [-0.2, 0) is 4.79 Å². The molecule has 3 atom stereocenters. The van der Waals surface area contributed by atoms with Crippen LogP contribution in [0.3, 0.4) is 0 Å². The number of halogens is 3. The van der Waals surface area contributed by atoms with Crippen LogP contribution in [0.1, 0.15) is 73.4 Å². The number of nitrogens with zero attached hydrogens (tertiary/aromatic N) is 5. The van der Waals surface area contributed by atoms with Gasteiger partial charge in [-0.3, -0.25) is 9.91 Å². The molecule has 6 rings (SSSR count). The molecule has 41 heavy (non-hydrogen) atoms. The maximum atomic E-state index is 10.6. The highest BCUT2D eigenvalue weighted by Gasteiger charge is 2.38. The Morgan fingerprint density at radius 1 is 1.12 bits per heavy atom. The monoisotopic (exact) mass is 566 g/mol. The minimum atomic E-state index is -5.08. The summed E-state index contributed by atoms with van der Waals surface area (Å²) in [4.78, 5) is 11.6. The van der Waals surface area contributed by atoms with Crippen LogP contribution in [0.5, 0.6) is 0 Å². The summed E-state index contributed by atoms with van der Waals surface area (Å²) >= 11 is 0. The Morgan fingerprint density at radius 3 is 2.54 bits per heavy atom. The number of benzene rings is 2. The van der Waals surface area contributed by atoms with Crippen LogP contribution in [0, 0.1) is 11.3 Å². The van der Waals surface area contributed by atoms with Crippen molar-refractivity contribution in [3.63, 3.8) is 0 Å². The number of anilines is 1. The van der Waals surface area contributed by atoms with Crippen molar-refractivity contribution in [2.24, 2.45) is 10.3 Å². The van der Waals surface area contributed by atoms with Crippen molar-refractivity contribution in [1.29, 1.82) is 5.26 Å². The highest BCUT2D eigenvalue weighted by molar-refractivity contribution is 5.73. The number of nitriles is 1. The van der Waals surface area contributed by atoms with Gasteiger partial charge in [-0.15, -0.1) is 0 Å². The lowest BCUT2D eigenvalue weighted by atomic mass is 9.87. The van der Waals surface area contributed by atoms with E-state index in [9.17, 15) is 18.4 Å². The molecule has 4 aliphatic rings. The van der Waals surface area contributed by atoms with Crippen molar-refractivity contribution < 1.29 is 23.1 Å². The highest BCUT2D eigenvalue weighted by Crippen LogP contribution is 2.42. The topological polar surface area (TPSA) is 104 Å². The van der Waals surface area contributed by atoms with Gasteiger partial charge in [-0.25, -0.2) is 4.79 Å². The fraction of sp³-hybridized carbons (Fsp3) is 0.467. The third-order valence-electron chi connectivity index (χ3n) is 8.33. The number of carboxylic acids is 1. The van der Waals surface area contributed by atoms with Crippen LogP contribution in [0.15, 0.2) is 58.9 Å². The van der Waals surface area contributed by atoms with Gasteiger partial charge in [0, 0.05) is 31.4 Å². The molecule has 1 aliphatic carbocycles. The first-order valence-corrected chi connectivity index (χ1v) is 14.0. The largest absolute Gasteiger partial charge is 0.490 e. The number of aliphatic carboxylic acids is 1. The van der Waals surface area contributed by atoms with E-state index in [1.165, 1.54) is 48.1 Å². The molecule has 216 valence electrons. The molecule has 0 amide bonds. The van der Waals surface area contributed by atoms with Crippen molar-refractivity contribution in [1.82, 2.24) is 9.91 Å². The predicted molar refractivity (Wildman–Crippen MR) is 148 cm³/mol. The van der Waals surface area contributed by atoms with E-state index in [0.29, 0.717) is 5.56 Å². The van der Waals surface area contributed by atoms with Crippen molar-refractivity contribution in [3.8, 4) is 6.07 Å². The van der Waals surface area contributed by atoms with E-state index in [2.05, 4.69) is 68.9 Å². The minimum absolute atomic E-state index is 0.148. The summed E-state index contributed by atoms with van der Waals surface area (Å²) in [5.74, 6) is -2.76. The van der Waals surface area contributed by atoms with Crippen LogP contribution in [0.4, 0.5) is 18.9 Å². The summed E-state index contributed by atoms with van der Waals surface area (Å²) in [6.45, 7) is 5.26. The molecule has 1 saturated carbocycles. The number of carbonyl (C=O) groups is 1. The van der Waals surface area contributed by atoms with Gasteiger partial charge in [-0.2, -0.15) is 23.5 Å². The van der Waals surface area contributed by atoms with Gasteiger partial charge in [0.15, 0.2) is 0 Å². The first-order valence-electron chi connectivity index (χ1n) is 14.0. The average molecular weight is 567 g/mol. The molecule has 2 aromatic rings. The summed E-state index contributed by atoms with van der Waals surface area (Å²) < 4.78 is 31.7. The highest BCUT2D eigenvalue weighted by atomic mass is 19.4. The van der Waals surface area contributed by atoms with Crippen LogP contribution >= 0.6 is 0 Å². The molecule has 11 heteroatoms. The molecular weight excluding hydrogens is 533 g/mol. The second kappa shape index (κ2) is 11.9. The van der Waals surface area contributed by atoms with Crippen molar-refractivity contribution in [2.45, 2.75) is 69.4 Å². The Morgan fingerprint density at radius 2 is 1.90 bits per heavy atom. The number of nitrogens with one attached hydrogen (secondary N) is 1. The van der Waals surface area contributed by atoms with Crippen LogP contribution < -0.4 is 5.32 Å². The Hall–Kier alpha value is -3.91. The van der Waals surface area contributed by atoms with Crippen LogP contribution in [-0.4, -0.2) is 58.9 Å². The van der Waals surface area contributed by atoms with Crippen molar-refractivity contribution in [2.75, 3.05) is 25.0 Å². The van der Waals surface area contributed by atoms with E-state index in [-0.39, 0.29) is 18.1 Å². The summed E-state index contributed by atoms with van der Waals surface area (Å²) in [6, 6.07) is 18.4. The van der Waals surface area contributed by atoms with Gasteiger partial charge in [-0.1, -0.05) is 35.9 Å². The normalized spacial score (nSPS) is 24.0. The first kappa shape index (κ1) is 28.6. The van der Waals surface area contributed by atoms with E-state index in [4.69, 9.17) is 9.90 Å². The molecule has 0 spiro atoms. The number of hydrogen-bond donors (Lipinski definition) is 2. The van der Waals surface area contributed by atoms with Gasteiger partial charge in [-0.05, 0) is 79.1 Å². The summed E-state index contributed by atoms with van der Waals surface area (Å²) in [7, 11) is 0. The van der Waals surface area contributed by atoms with E-state index < -0.39 is 12.1 Å². The Bertz CT molecular complexity index is 1380. The summed E-state index contributed by atoms with van der Waals surface area (Å²) in [6.07, 6.45) is 3.55. The quantitative estimate of drug-likeness (QED) is 0.438. The third kappa shape index (κ3) is 6.38. The molecule has 0 saturated heterocycles. The second-order valence-corrected chi connectivity index (χ2v) is 10.9. The predicted octanol–water partition coefficient (Wildman–Crippen LogP) is 6.50. The minimum Gasteiger partial charge on any atom is -0.475 e. The zero-order chi connectivity index (χ0) is 29.1. The van der Waals surface area contributed by atoms with E-state index in [0.717, 1.165) is 37.7 Å². The molecule has 0 bridgehead atoms. The van der Waals surface area contributed by atoms with Crippen molar-refractivity contribution in [3.05, 3.63) is 70.8 Å². The third-order valence-corrected chi connectivity index (χ3v) is 8.33. The van der Waals surface area contributed by atoms with Gasteiger partial charge in [0.2, 0.25) is 0 Å². The lowest BCUT2D eigenvalue weighted by molar-refractivity contribution is -0.192. The van der Waals surface area contributed by atoms with E-state index in [1.807, 2.05) is 18.2 Å². The van der Waals surface area contributed by atoms with Crippen molar-refractivity contribution >= 4 is 17.2 Å². The fourth-order valence-electron chi connectivity index (χ4n) is 5.94. The summed E-state index contributed by atoms with van der Waals surface area (Å²) in [5, 5.41) is 31.3. The summed E-state index contributed by atoms with van der Waals surface area (Å²) in [5.41, 5.74) is 7.15. The number of fused-ring (bicyclic) bond motifs is 3. The molecule has 1 fully saturated rings. The number of hydrogen-bond acceptors (Lipinski definition) is 7. The zero-order valence-corrected chi connectivity index (χ0v) is 22.8. The van der Waals surface area contributed by atoms with Gasteiger partial charge >= 0.3 is 12.1 Å². The van der Waals surface area contributed by atoms with Gasteiger partial charge < -0.3 is 10.4 Å². The standard InChI is InChI=1S/C28H32N6.C2HF3O2/c1-19-28-25-9-8-22(21-10-13-33(14-11-21)24-6-3-7-24)17-26(25)27(12-15-34(28)32-31-19)30-23-5-2-4-20(16-23)18-29;3-2(4,5)1(6)7/h2,4-5,8-10,16-17,19,24,27-28,30H,3,6-7,11-15H2,1H3;(H,6,7). The van der Waals surface area contributed by atoms with Gasteiger partial charge in [0.25, 0.3) is 0 Å². The molecule has 2 N–H and O–H groups in total. The molecule has 3 aliphatic heterocycles. The maximum absolute atomic E-state index is 10.6. The SMILES string of the molecule is CC1N=NN2CCC(Nc3cccc(C#N)c3)c3cc(C4=CCN(C5CCC5)CC4)ccc3C12.O=C(O)C(F)(F)F. The average Bonchev–Trinajstić information content (AvgIpc) is 3.22. The van der Waals surface area contributed by atoms with Gasteiger partial charge in [0.05, 0.1) is 29.8 Å². The molecule has 2 aromatic carbocycles. The Labute approximate surface area is 237 Å².